The van der Waals surface area contributed by atoms with Crippen molar-refractivity contribution in [2.45, 2.75) is 38.2 Å². The van der Waals surface area contributed by atoms with Crippen LogP contribution in [-0.4, -0.2) is 30.3 Å². The summed E-state index contributed by atoms with van der Waals surface area (Å²) in [5.41, 5.74) is 6.82. The zero-order valence-electron chi connectivity index (χ0n) is 11.7. The summed E-state index contributed by atoms with van der Waals surface area (Å²) in [7, 11) is 0. The molecule has 1 saturated heterocycles. The van der Waals surface area contributed by atoms with Crippen molar-refractivity contribution in [3.05, 3.63) is 35.9 Å². The molecule has 1 aromatic rings. The van der Waals surface area contributed by atoms with E-state index < -0.39 is 5.79 Å². The van der Waals surface area contributed by atoms with Gasteiger partial charge in [-0.15, -0.1) is 0 Å². The molecule has 1 aromatic carbocycles. The number of nitrogens with two attached hydrogens (primary N) is 1. The van der Waals surface area contributed by atoms with E-state index in [1.54, 1.807) is 0 Å². The van der Waals surface area contributed by atoms with Crippen LogP contribution in [0, 0.1) is 0 Å². The number of hydrogen-bond donors (Lipinski definition) is 1. The quantitative estimate of drug-likeness (QED) is 0.814. The first-order valence-corrected chi connectivity index (χ1v) is 7.96. The minimum absolute atomic E-state index is 0.170. The van der Waals surface area contributed by atoms with E-state index in [1.165, 1.54) is 0 Å². The average molecular weight is 281 g/mol. The molecule has 3 nitrogen and oxygen atoms in total. The molecule has 0 aliphatic carbocycles. The van der Waals surface area contributed by atoms with Crippen molar-refractivity contribution in [1.82, 2.24) is 0 Å². The molecule has 2 N–H and O–H groups in total. The molecule has 2 rings (SSSR count). The standard InChI is InChI=1S/C15H23NO2S/c1-12(16)8-9-19-11-14-10-17-15(2,18-14)13-6-4-3-5-7-13/h3-7,12,14H,8-11,16H2,1-2H3. The first-order valence-electron chi connectivity index (χ1n) is 6.81. The van der Waals surface area contributed by atoms with Crippen LogP contribution in [0.3, 0.4) is 0 Å². The third-order valence-electron chi connectivity index (χ3n) is 3.26. The van der Waals surface area contributed by atoms with Gasteiger partial charge in [-0.05, 0) is 26.0 Å². The molecule has 19 heavy (non-hydrogen) atoms. The highest BCUT2D eigenvalue weighted by Crippen LogP contribution is 2.34. The number of hydrogen-bond acceptors (Lipinski definition) is 4. The molecular weight excluding hydrogens is 258 g/mol. The molecule has 0 bridgehead atoms. The van der Waals surface area contributed by atoms with Gasteiger partial charge in [0, 0.05) is 17.4 Å². The fourth-order valence-electron chi connectivity index (χ4n) is 2.10. The van der Waals surface area contributed by atoms with E-state index in [9.17, 15) is 0 Å². The minimum atomic E-state index is -0.590. The summed E-state index contributed by atoms with van der Waals surface area (Å²) in [6, 6.07) is 10.4. The summed E-state index contributed by atoms with van der Waals surface area (Å²) in [5.74, 6) is 1.46. The Kier molecular flexibility index (Phi) is 5.28. The second-order valence-electron chi connectivity index (χ2n) is 5.20. The van der Waals surface area contributed by atoms with Crippen LogP contribution in [0.25, 0.3) is 0 Å². The van der Waals surface area contributed by atoms with Crippen molar-refractivity contribution in [3.63, 3.8) is 0 Å². The lowest BCUT2D eigenvalue weighted by Crippen LogP contribution is -2.24. The molecule has 0 amide bonds. The molecule has 0 spiro atoms. The second-order valence-corrected chi connectivity index (χ2v) is 6.35. The number of rotatable bonds is 6. The van der Waals surface area contributed by atoms with E-state index in [0.717, 1.165) is 23.5 Å². The average Bonchev–Trinajstić information content (AvgIpc) is 2.79. The molecule has 1 aliphatic heterocycles. The Hall–Kier alpha value is -0.550. The van der Waals surface area contributed by atoms with E-state index in [0.29, 0.717) is 6.61 Å². The molecular formula is C15H23NO2S. The van der Waals surface area contributed by atoms with Crippen LogP contribution in [0.15, 0.2) is 30.3 Å². The fraction of sp³-hybridized carbons (Fsp3) is 0.600. The molecule has 0 radical (unpaired) electrons. The van der Waals surface area contributed by atoms with Gasteiger partial charge in [0.15, 0.2) is 5.79 Å². The molecule has 106 valence electrons. The molecule has 1 aliphatic rings. The maximum absolute atomic E-state index is 6.07. The van der Waals surface area contributed by atoms with Gasteiger partial charge in [0.2, 0.25) is 0 Å². The third kappa shape index (κ3) is 4.21. The van der Waals surface area contributed by atoms with Gasteiger partial charge in [-0.1, -0.05) is 30.3 Å². The maximum atomic E-state index is 6.07. The first-order chi connectivity index (χ1) is 9.10. The molecule has 0 saturated carbocycles. The fourth-order valence-corrected chi connectivity index (χ4v) is 3.23. The number of benzene rings is 1. The summed E-state index contributed by atoms with van der Waals surface area (Å²) >= 11 is 1.89. The van der Waals surface area contributed by atoms with Crippen molar-refractivity contribution >= 4 is 11.8 Å². The summed E-state index contributed by atoms with van der Waals surface area (Å²) in [5, 5.41) is 0. The smallest absolute Gasteiger partial charge is 0.192 e. The van der Waals surface area contributed by atoms with Crippen LogP contribution in [0.4, 0.5) is 0 Å². The van der Waals surface area contributed by atoms with E-state index in [2.05, 4.69) is 0 Å². The minimum Gasteiger partial charge on any atom is -0.343 e. The predicted octanol–water partition coefficient (Wildman–Crippen LogP) is 2.75. The van der Waals surface area contributed by atoms with E-state index in [-0.39, 0.29) is 12.1 Å². The van der Waals surface area contributed by atoms with Gasteiger partial charge in [0.1, 0.15) is 0 Å². The Morgan fingerprint density at radius 2 is 2.16 bits per heavy atom. The lowest BCUT2D eigenvalue weighted by atomic mass is 10.1. The van der Waals surface area contributed by atoms with Crippen molar-refractivity contribution in [2.24, 2.45) is 5.73 Å². The lowest BCUT2D eigenvalue weighted by Gasteiger charge is -2.23. The monoisotopic (exact) mass is 281 g/mol. The topological polar surface area (TPSA) is 44.5 Å². The van der Waals surface area contributed by atoms with Crippen molar-refractivity contribution in [3.8, 4) is 0 Å². The normalized spacial score (nSPS) is 28.5. The van der Waals surface area contributed by atoms with Crippen LogP contribution in [0.1, 0.15) is 25.8 Å². The SMILES string of the molecule is CC(N)CCSCC1COC(C)(c2ccccc2)O1. The molecule has 1 fully saturated rings. The van der Waals surface area contributed by atoms with Crippen LogP contribution in [0.2, 0.25) is 0 Å². The van der Waals surface area contributed by atoms with Gasteiger partial charge < -0.3 is 15.2 Å². The van der Waals surface area contributed by atoms with Gasteiger partial charge >= 0.3 is 0 Å². The highest BCUT2D eigenvalue weighted by Gasteiger charge is 2.38. The number of ether oxygens (including phenoxy) is 2. The highest BCUT2D eigenvalue weighted by atomic mass is 32.2. The van der Waals surface area contributed by atoms with Gasteiger partial charge in [0.05, 0.1) is 12.7 Å². The zero-order chi connectivity index (χ0) is 13.7. The van der Waals surface area contributed by atoms with Gasteiger partial charge in [0.25, 0.3) is 0 Å². The van der Waals surface area contributed by atoms with Crippen LogP contribution >= 0.6 is 11.8 Å². The van der Waals surface area contributed by atoms with Gasteiger partial charge in [-0.2, -0.15) is 11.8 Å². The van der Waals surface area contributed by atoms with Crippen molar-refractivity contribution < 1.29 is 9.47 Å². The Labute approximate surface area is 119 Å². The molecule has 4 heteroatoms. The highest BCUT2D eigenvalue weighted by molar-refractivity contribution is 7.99. The Bertz CT molecular complexity index is 385. The molecule has 3 unspecified atom stereocenters. The Balaban J connectivity index is 1.79. The molecule has 3 atom stereocenters. The maximum Gasteiger partial charge on any atom is 0.192 e. The summed E-state index contributed by atoms with van der Waals surface area (Å²) in [4.78, 5) is 0. The van der Waals surface area contributed by atoms with Crippen LogP contribution < -0.4 is 5.73 Å². The summed E-state index contributed by atoms with van der Waals surface area (Å²) < 4.78 is 11.9. The van der Waals surface area contributed by atoms with Crippen molar-refractivity contribution in [2.75, 3.05) is 18.1 Å². The first kappa shape index (κ1) is 14.9. The third-order valence-corrected chi connectivity index (χ3v) is 4.39. The number of thioether (sulfide) groups is 1. The van der Waals surface area contributed by atoms with Crippen LogP contribution in [0.5, 0.6) is 0 Å². The van der Waals surface area contributed by atoms with E-state index >= 15 is 0 Å². The van der Waals surface area contributed by atoms with Gasteiger partial charge in [-0.25, -0.2) is 0 Å². The van der Waals surface area contributed by atoms with Crippen LogP contribution in [-0.2, 0) is 15.3 Å². The summed E-state index contributed by atoms with van der Waals surface area (Å²) in [6.45, 7) is 4.70. The van der Waals surface area contributed by atoms with Crippen molar-refractivity contribution in [1.29, 1.82) is 0 Å². The van der Waals surface area contributed by atoms with E-state index in [1.807, 2.05) is 55.9 Å². The Morgan fingerprint density at radius 3 is 2.84 bits per heavy atom. The molecule has 0 aromatic heterocycles. The molecule has 1 heterocycles. The zero-order valence-corrected chi connectivity index (χ0v) is 12.5. The lowest BCUT2D eigenvalue weighted by molar-refractivity contribution is -0.159. The summed E-state index contributed by atoms with van der Waals surface area (Å²) in [6.07, 6.45) is 1.22. The van der Waals surface area contributed by atoms with Gasteiger partial charge in [-0.3, -0.25) is 0 Å². The second kappa shape index (κ2) is 6.75. The predicted molar refractivity (Wildman–Crippen MR) is 80.2 cm³/mol. The largest absolute Gasteiger partial charge is 0.343 e. The van der Waals surface area contributed by atoms with E-state index in [4.69, 9.17) is 15.2 Å². The Morgan fingerprint density at radius 1 is 1.42 bits per heavy atom.